The number of nitrogens with zero attached hydrogens (tertiary/aromatic N) is 1. The highest BCUT2D eigenvalue weighted by Crippen LogP contribution is 2.31. The molecule has 0 fully saturated rings. The second-order valence-corrected chi connectivity index (χ2v) is 9.43. The van der Waals surface area contributed by atoms with E-state index in [1.54, 1.807) is 72.8 Å². The molecule has 4 aromatic carbocycles. The Morgan fingerprint density at radius 1 is 0.756 bits per heavy atom. The van der Waals surface area contributed by atoms with E-state index in [9.17, 15) is 14.4 Å². The highest BCUT2D eigenvalue weighted by molar-refractivity contribution is 6.53. The van der Waals surface area contributed by atoms with Crippen LogP contribution in [0.3, 0.4) is 0 Å². The Labute approximate surface area is 242 Å². The third-order valence-electron chi connectivity index (χ3n) is 6.14. The van der Waals surface area contributed by atoms with Crippen molar-refractivity contribution in [2.75, 3.05) is 22.1 Å². The first-order valence-corrected chi connectivity index (χ1v) is 13.3. The van der Waals surface area contributed by atoms with E-state index in [2.05, 4.69) is 10.6 Å². The molecule has 206 valence electrons. The molecule has 3 amide bonds. The molecule has 0 atom stereocenters. The Morgan fingerprint density at radius 3 is 2.02 bits per heavy atom. The van der Waals surface area contributed by atoms with Gasteiger partial charge in [-0.25, -0.2) is 4.90 Å². The molecule has 1 heterocycles. The number of carbonyl (C=O) groups excluding carboxylic acids is 3. The van der Waals surface area contributed by atoms with Gasteiger partial charge in [-0.2, -0.15) is 0 Å². The lowest BCUT2D eigenvalue weighted by Gasteiger charge is -2.15. The fourth-order valence-electron chi connectivity index (χ4n) is 4.18. The van der Waals surface area contributed by atoms with Crippen molar-refractivity contribution >= 4 is 46.4 Å². The summed E-state index contributed by atoms with van der Waals surface area (Å²) in [6, 6.07) is 30.1. The van der Waals surface area contributed by atoms with Gasteiger partial charge in [0.15, 0.2) is 0 Å². The van der Waals surface area contributed by atoms with E-state index in [0.29, 0.717) is 35.2 Å². The summed E-state index contributed by atoms with van der Waals surface area (Å²) >= 11 is 6.25. The van der Waals surface area contributed by atoms with Crippen LogP contribution in [0.5, 0.6) is 17.2 Å². The number of amides is 3. The highest BCUT2D eigenvalue weighted by atomic mass is 35.5. The molecule has 0 unspecified atom stereocenters. The minimum absolute atomic E-state index is 0.0178. The van der Waals surface area contributed by atoms with Crippen molar-refractivity contribution in [3.05, 3.63) is 119 Å². The largest absolute Gasteiger partial charge is 0.494 e. The number of carbonyl (C=O) groups is 3. The third-order valence-corrected chi connectivity index (χ3v) is 6.49. The standard InChI is InChI=1S/C32H26ClN3O5/c1-2-40-25-18-14-24(15-19-25)36-31(38)29(33)30(32(36)39)35-23-10-8-21(9-11-23)20-28(37)34-22-12-16-27(17-13-22)41-26-6-4-3-5-7-26/h3-19,35H,2,20H2,1H3,(H,34,37). The van der Waals surface area contributed by atoms with E-state index < -0.39 is 11.8 Å². The Balaban J connectivity index is 1.16. The quantitative estimate of drug-likeness (QED) is 0.212. The van der Waals surface area contributed by atoms with E-state index in [4.69, 9.17) is 21.1 Å². The van der Waals surface area contributed by atoms with E-state index in [-0.39, 0.29) is 23.1 Å². The average molecular weight is 568 g/mol. The van der Waals surface area contributed by atoms with Crippen molar-refractivity contribution in [2.24, 2.45) is 0 Å². The lowest BCUT2D eigenvalue weighted by atomic mass is 10.1. The van der Waals surface area contributed by atoms with Crippen LogP contribution in [0.2, 0.25) is 0 Å². The van der Waals surface area contributed by atoms with Gasteiger partial charge in [-0.3, -0.25) is 14.4 Å². The van der Waals surface area contributed by atoms with Gasteiger partial charge in [0, 0.05) is 11.4 Å². The van der Waals surface area contributed by atoms with Crippen LogP contribution in [0.15, 0.2) is 114 Å². The second-order valence-electron chi connectivity index (χ2n) is 9.05. The van der Waals surface area contributed by atoms with Gasteiger partial charge in [0.1, 0.15) is 28.0 Å². The van der Waals surface area contributed by atoms with Crippen molar-refractivity contribution in [3.63, 3.8) is 0 Å². The van der Waals surface area contributed by atoms with Crippen LogP contribution in [0.1, 0.15) is 12.5 Å². The van der Waals surface area contributed by atoms with E-state index in [1.807, 2.05) is 37.3 Å². The number of ether oxygens (including phenoxy) is 2. The number of hydrogen-bond donors (Lipinski definition) is 2. The summed E-state index contributed by atoms with van der Waals surface area (Å²) in [6.45, 7) is 2.37. The zero-order valence-electron chi connectivity index (χ0n) is 22.1. The van der Waals surface area contributed by atoms with Crippen LogP contribution in [-0.2, 0) is 20.8 Å². The Morgan fingerprint density at radius 2 is 1.37 bits per heavy atom. The monoisotopic (exact) mass is 567 g/mol. The number of imide groups is 1. The van der Waals surface area contributed by atoms with Crippen molar-refractivity contribution in [1.29, 1.82) is 0 Å². The molecule has 41 heavy (non-hydrogen) atoms. The third kappa shape index (κ3) is 6.57. The summed E-state index contributed by atoms with van der Waals surface area (Å²) in [4.78, 5) is 39.4. The van der Waals surface area contributed by atoms with Gasteiger partial charge in [-0.05, 0) is 85.3 Å². The van der Waals surface area contributed by atoms with Gasteiger partial charge >= 0.3 is 0 Å². The molecule has 0 saturated carbocycles. The molecule has 0 radical (unpaired) electrons. The number of anilines is 3. The maximum absolute atomic E-state index is 13.0. The van der Waals surface area contributed by atoms with Crippen molar-refractivity contribution < 1.29 is 23.9 Å². The molecule has 0 aliphatic carbocycles. The highest BCUT2D eigenvalue weighted by Gasteiger charge is 2.39. The minimum Gasteiger partial charge on any atom is -0.494 e. The molecular weight excluding hydrogens is 542 g/mol. The number of para-hydroxylation sites is 1. The van der Waals surface area contributed by atoms with Crippen LogP contribution in [0.4, 0.5) is 17.1 Å². The van der Waals surface area contributed by atoms with Gasteiger partial charge < -0.3 is 20.1 Å². The summed E-state index contributed by atoms with van der Waals surface area (Å²) in [5.74, 6) is 0.667. The number of halogens is 1. The van der Waals surface area contributed by atoms with Crippen LogP contribution in [0, 0.1) is 0 Å². The summed E-state index contributed by atoms with van der Waals surface area (Å²) in [7, 11) is 0. The van der Waals surface area contributed by atoms with Crippen molar-refractivity contribution in [3.8, 4) is 17.2 Å². The maximum atomic E-state index is 13.0. The van der Waals surface area contributed by atoms with Crippen LogP contribution in [-0.4, -0.2) is 24.3 Å². The van der Waals surface area contributed by atoms with Crippen LogP contribution in [0.25, 0.3) is 0 Å². The smallest absolute Gasteiger partial charge is 0.283 e. The van der Waals surface area contributed by atoms with Crippen LogP contribution < -0.4 is 25.0 Å². The zero-order chi connectivity index (χ0) is 28.8. The summed E-state index contributed by atoms with van der Waals surface area (Å²) in [6.07, 6.45) is 0.148. The van der Waals surface area contributed by atoms with Gasteiger partial charge in [0.25, 0.3) is 11.8 Å². The average Bonchev–Trinajstić information content (AvgIpc) is 3.19. The number of rotatable bonds is 10. The fraction of sp³-hybridized carbons (Fsp3) is 0.0938. The second kappa shape index (κ2) is 12.4. The molecule has 8 nitrogen and oxygen atoms in total. The van der Waals surface area contributed by atoms with E-state index in [0.717, 1.165) is 16.2 Å². The number of nitrogens with one attached hydrogen (secondary N) is 2. The summed E-state index contributed by atoms with van der Waals surface area (Å²) in [5.41, 5.74) is 2.33. The van der Waals surface area contributed by atoms with Crippen molar-refractivity contribution in [1.82, 2.24) is 0 Å². The van der Waals surface area contributed by atoms with E-state index >= 15 is 0 Å². The molecule has 4 aromatic rings. The predicted octanol–water partition coefficient (Wildman–Crippen LogP) is 6.49. The normalized spacial score (nSPS) is 12.9. The molecular formula is C32H26ClN3O5. The molecule has 0 spiro atoms. The Kier molecular flexibility index (Phi) is 8.31. The summed E-state index contributed by atoms with van der Waals surface area (Å²) < 4.78 is 11.2. The first-order chi connectivity index (χ1) is 19.9. The first-order valence-electron chi connectivity index (χ1n) is 12.9. The lowest BCUT2D eigenvalue weighted by Crippen LogP contribution is -2.32. The molecule has 9 heteroatoms. The topological polar surface area (TPSA) is 97.0 Å². The summed E-state index contributed by atoms with van der Waals surface area (Å²) in [5, 5.41) is 5.61. The lowest BCUT2D eigenvalue weighted by molar-refractivity contribution is -0.120. The van der Waals surface area contributed by atoms with Crippen LogP contribution >= 0.6 is 11.6 Å². The van der Waals surface area contributed by atoms with Gasteiger partial charge in [-0.15, -0.1) is 0 Å². The first kappa shape index (κ1) is 27.5. The van der Waals surface area contributed by atoms with E-state index in [1.165, 1.54) is 0 Å². The van der Waals surface area contributed by atoms with Gasteiger partial charge in [-0.1, -0.05) is 41.9 Å². The fourth-order valence-corrected chi connectivity index (χ4v) is 4.39. The molecule has 1 aliphatic heterocycles. The number of hydrogen-bond acceptors (Lipinski definition) is 6. The molecule has 0 bridgehead atoms. The maximum Gasteiger partial charge on any atom is 0.283 e. The minimum atomic E-state index is -0.615. The number of benzene rings is 4. The molecule has 1 aliphatic rings. The molecule has 5 rings (SSSR count). The Hall–Kier alpha value is -5.08. The molecule has 0 saturated heterocycles. The van der Waals surface area contributed by atoms with Crippen molar-refractivity contribution in [2.45, 2.75) is 13.3 Å². The van der Waals surface area contributed by atoms with Gasteiger partial charge in [0.2, 0.25) is 5.91 Å². The predicted molar refractivity (Wildman–Crippen MR) is 158 cm³/mol. The van der Waals surface area contributed by atoms with Gasteiger partial charge in [0.05, 0.1) is 18.7 Å². The zero-order valence-corrected chi connectivity index (χ0v) is 22.9. The SMILES string of the molecule is CCOc1ccc(N2C(=O)C(Cl)=C(Nc3ccc(CC(=O)Nc4ccc(Oc5ccccc5)cc4)cc3)C2=O)cc1. The Bertz CT molecular complexity index is 1590. The molecule has 2 N–H and O–H groups in total. The molecule has 0 aromatic heterocycles.